The highest BCUT2D eigenvalue weighted by Gasteiger charge is 2.39. The minimum absolute atomic E-state index is 0.152. The lowest BCUT2D eigenvalue weighted by atomic mass is 9.75. The van der Waals surface area contributed by atoms with E-state index in [-0.39, 0.29) is 5.92 Å². The van der Waals surface area contributed by atoms with Gasteiger partial charge >= 0.3 is 0 Å². The molecule has 1 aliphatic rings. The molecule has 0 spiro atoms. The van der Waals surface area contributed by atoms with Crippen molar-refractivity contribution in [2.45, 2.75) is 38.6 Å². The fourth-order valence-corrected chi connectivity index (χ4v) is 2.34. The second kappa shape index (κ2) is 5.28. The van der Waals surface area contributed by atoms with E-state index in [1.807, 2.05) is 13.8 Å². The highest BCUT2D eigenvalue weighted by Crippen LogP contribution is 2.36. The van der Waals surface area contributed by atoms with Gasteiger partial charge in [0.25, 0.3) is 0 Å². The van der Waals surface area contributed by atoms with Crippen molar-refractivity contribution in [2.24, 2.45) is 5.92 Å². The van der Waals surface area contributed by atoms with Gasteiger partial charge in [0.15, 0.2) is 0 Å². The summed E-state index contributed by atoms with van der Waals surface area (Å²) in [7, 11) is 6.36. The number of carbonyl (C=O) groups is 1. The van der Waals surface area contributed by atoms with Crippen LogP contribution in [-0.4, -0.2) is 55.4 Å². The van der Waals surface area contributed by atoms with E-state index < -0.39 is 0 Å². The first-order chi connectivity index (χ1) is 7.37. The Hall–Kier alpha value is -0.410. The Bertz CT molecular complexity index is 244. The van der Waals surface area contributed by atoms with E-state index >= 15 is 0 Å². The van der Waals surface area contributed by atoms with Gasteiger partial charge in [0.1, 0.15) is 5.78 Å². The predicted molar refractivity (Wildman–Crippen MR) is 67.6 cm³/mol. The average Bonchev–Trinajstić information content (AvgIpc) is 2.10. The van der Waals surface area contributed by atoms with E-state index in [1.165, 1.54) is 19.3 Å². The second-order valence-corrected chi connectivity index (χ2v) is 5.77. The SMILES string of the molecule is CC(C)C(=O)CN(C)CC1(N(C)C)CCC1. The maximum atomic E-state index is 11.7. The molecule has 3 heteroatoms. The van der Waals surface area contributed by atoms with Gasteiger partial charge in [0, 0.05) is 18.0 Å². The van der Waals surface area contributed by atoms with Crippen molar-refractivity contribution in [3.63, 3.8) is 0 Å². The molecular formula is C13H26N2O. The smallest absolute Gasteiger partial charge is 0.149 e. The molecule has 16 heavy (non-hydrogen) atoms. The van der Waals surface area contributed by atoms with Crippen LogP contribution in [0.25, 0.3) is 0 Å². The molecule has 0 atom stereocenters. The van der Waals surface area contributed by atoms with Crippen LogP contribution in [0.1, 0.15) is 33.1 Å². The average molecular weight is 226 g/mol. The van der Waals surface area contributed by atoms with Crippen molar-refractivity contribution in [3.05, 3.63) is 0 Å². The molecule has 0 saturated heterocycles. The Balaban J connectivity index is 2.44. The Labute approximate surface area is 99.8 Å². The van der Waals surface area contributed by atoms with E-state index in [1.54, 1.807) is 0 Å². The summed E-state index contributed by atoms with van der Waals surface area (Å²) in [4.78, 5) is 16.2. The summed E-state index contributed by atoms with van der Waals surface area (Å²) in [5.41, 5.74) is 0.325. The van der Waals surface area contributed by atoms with Crippen LogP contribution in [0.2, 0.25) is 0 Å². The third kappa shape index (κ3) is 3.05. The summed E-state index contributed by atoms with van der Waals surface area (Å²) in [6.07, 6.45) is 3.85. The zero-order chi connectivity index (χ0) is 12.3. The van der Waals surface area contributed by atoms with Crippen LogP contribution in [0.4, 0.5) is 0 Å². The van der Waals surface area contributed by atoms with Crippen molar-refractivity contribution < 1.29 is 4.79 Å². The number of hydrogen-bond acceptors (Lipinski definition) is 3. The first-order valence-corrected chi connectivity index (χ1v) is 6.26. The van der Waals surface area contributed by atoms with E-state index in [0.29, 0.717) is 17.9 Å². The molecule has 0 heterocycles. The number of rotatable bonds is 6. The Kier molecular flexibility index (Phi) is 4.51. The van der Waals surface area contributed by atoms with Crippen molar-refractivity contribution in [1.29, 1.82) is 0 Å². The second-order valence-electron chi connectivity index (χ2n) is 5.77. The minimum atomic E-state index is 0.152. The maximum absolute atomic E-state index is 11.7. The molecule has 0 bridgehead atoms. The summed E-state index contributed by atoms with van der Waals surface area (Å²) in [6.45, 7) is 5.55. The fraction of sp³-hybridized carbons (Fsp3) is 0.923. The summed E-state index contributed by atoms with van der Waals surface area (Å²) in [5, 5.41) is 0. The van der Waals surface area contributed by atoms with Gasteiger partial charge in [-0.2, -0.15) is 0 Å². The zero-order valence-corrected chi connectivity index (χ0v) is 11.4. The Morgan fingerprint density at radius 2 is 1.81 bits per heavy atom. The topological polar surface area (TPSA) is 23.6 Å². The molecule has 0 aromatic carbocycles. The lowest BCUT2D eigenvalue weighted by Gasteiger charge is -2.49. The molecule has 0 aliphatic heterocycles. The first-order valence-electron chi connectivity index (χ1n) is 6.26. The third-order valence-electron chi connectivity index (χ3n) is 3.87. The molecule has 1 rings (SSSR count). The van der Waals surface area contributed by atoms with Crippen LogP contribution in [0.15, 0.2) is 0 Å². The van der Waals surface area contributed by atoms with Crippen molar-refractivity contribution in [1.82, 2.24) is 9.80 Å². The first kappa shape index (κ1) is 13.7. The zero-order valence-electron chi connectivity index (χ0n) is 11.4. The number of hydrogen-bond donors (Lipinski definition) is 0. The molecule has 0 amide bonds. The molecule has 0 radical (unpaired) electrons. The maximum Gasteiger partial charge on any atom is 0.149 e. The Morgan fingerprint density at radius 1 is 1.25 bits per heavy atom. The van der Waals surface area contributed by atoms with E-state index in [2.05, 4.69) is 30.9 Å². The van der Waals surface area contributed by atoms with Gasteiger partial charge in [-0.1, -0.05) is 13.8 Å². The lowest BCUT2D eigenvalue weighted by molar-refractivity contribution is -0.123. The van der Waals surface area contributed by atoms with Crippen molar-refractivity contribution in [2.75, 3.05) is 34.2 Å². The molecule has 1 saturated carbocycles. The quantitative estimate of drug-likeness (QED) is 0.688. The molecule has 1 fully saturated rings. The van der Waals surface area contributed by atoms with Gasteiger partial charge in [-0.25, -0.2) is 0 Å². The monoisotopic (exact) mass is 226 g/mol. The third-order valence-corrected chi connectivity index (χ3v) is 3.87. The molecule has 94 valence electrons. The summed E-state index contributed by atoms with van der Waals surface area (Å²) < 4.78 is 0. The van der Waals surface area contributed by atoms with Crippen LogP contribution in [0.3, 0.4) is 0 Å². The number of carbonyl (C=O) groups excluding carboxylic acids is 1. The standard InChI is InChI=1S/C13H26N2O/c1-11(2)12(16)9-15(5)10-13(14(3)4)7-6-8-13/h11H,6-10H2,1-5H3. The molecule has 0 N–H and O–H groups in total. The van der Waals surface area contributed by atoms with Gasteiger partial charge < -0.3 is 4.90 Å². The molecule has 0 aromatic heterocycles. The van der Waals surface area contributed by atoms with E-state index in [0.717, 1.165) is 6.54 Å². The molecule has 0 aromatic rings. The van der Waals surface area contributed by atoms with Crippen LogP contribution in [0, 0.1) is 5.92 Å². The number of ketones is 1. The van der Waals surface area contributed by atoms with Gasteiger partial charge in [-0.15, -0.1) is 0 Å². The number of Topliss-reactive ketones (excluding diaryl/α,β-unsaturated/α-hetero) is 1. The highest BCUT2D eigenvalue weighted by atomic mass is 16.1. The number of nitrogens with zero attached hydrogens (tertiary/aromatic N) is 2. The minimum Gasteiger partial charge on any atom is -0.302 e. The van der Waals surface area contributed by atoms with Crippen LogP contribution in [0.5, 0.6) is 0 Å². The van der Waals surface area contributed by atoms with Crippen LogP contribution in [-0.2, 0) is 4.79 Å². The van der Waals surface area contributed by atoms with Crippen LogP contribution < -0.4 is 0 Å². The largest absolute Gasteiger partial charge is 0.302 e. The highest BCUT2D eigenvalue weighted by molar-refractivity contribution is 5.82. The fourth-order valence-electron chi connectivity index (χ4n) is 2.34. The lowest BCUT2D eigenvalue weighted by Crippen LogP contribution is -2.57. The van der Waals surface area contributed by atoms with Crippen LogP contribution >= 0.6 is 0 Å². The normalized spacial score (nSPS) is 19.2. The van der Waals surface area contributed by atoms with Gasteiger partial charge in [-0.05, 0) is 40.4 Å². The summed E-state index contributed by atoms with van der Waals surface area (Å²) >= 11 is 0. The summed E-state index contributed by atoms with van der Waals surface area (Å²) in [6, 6.07) is 0. The molecule has 0 unspecified atom stereocenters. The van der Waals surface area contributed by atoms with E-state index in [9.17, 15) is 4.79 Å². The van der Waals surface area contributed by atoms with Gasteiger partial charge in [0.05, 0.1) is 6.54 Å². The van der Waals surface area contributed by atoms with Gasteiger partial charge in [0.2, 0.25) is 0 Å². The molecule has 1 aliphatic carbocycles. The predicted octanol–water partition coefficient (Wildman–Crippen LogP) is 1.63. The van der Waals surface area contributed by atoms with Gasteiger partial charge in [-0.3, -0.25) is 9.69 Å². The van der Waals surface area contributed by atoms with Crippen molar-refractivity contribution in [3.8, 4) is 0 Å². The molecule has 3 nitrogen and oxygen atoms in total. The number of likely N-dealkylation sites (N-methyl/N-ethyl adjacent to an activating group) is 2. The van der Waals surface area contributed by atoms with Crippen molar-refractivity contribution >= 4 is 5.78 Å². The Morgan fingerprint density at radius 3 is 2.12 bits per heavy atom. The molecular weight excluding hydrogens is 200 g/mol. The summed E-state index contributed by atoms with van der Waals surface area (Å²) in [5.74, 6) is 0.495. The van der Waals surface area contributed by atoms with E-state index in [4.69, 9.17) is 0 Å².